The molecule has 4 nitrogen and oxygen atoms in total. The molecule has 0 aliphatic heterocycles. The molecule has 0 saturated heterocycles. The summed E-state index contributed by atoms with van der Waals surface area (Å²) in [5.74, 6) is -0.587. The quantitative estimate of drug-likeness (QED) is 0.460. The van der Waals surface area contributed by atoms with Gasteiger partial charge in [-0.15, -0.1) is 0 Å². The molecule has 20 heavy (non-hydrogen) atoms. The van der Waals surface area contributed by atoms with Crippen LogP contribution in [0.4, 0.5) is 0 Å². The minimum Gasteiger partial charge on any atom is -0.403 e. The standard InChI is InChI=1S/C14H16Cl2N2O2/c15-12-3-1-10(2-4-12)5-6-20-9-11(14(18)19)7-13(16)8-17/h1-4,7-8H,5-6,9,17H2,(H2,18,19)/b11-7+,13-8+. The molecule has 0 radical (unpaired) electrons. The fourth-order valence-electron chi connectivity index (χ4n) is 1.42. The van der Waals surface area contributed by atoms with Gasteiger partial charge in [-0.1, -0.05) is 35.3 Å². The largest absolute Gasteiger partial charge is 0.403 e. The maximum Gasteiger partial charge on any atom is 0.247 e. The highest BCUT2D eigenvalue weighted by Crippen LogP contribution is 2.10. The lowest BCUT2D eigenvalue weighted by Crippen LogP contribution is -2.18. The second-order valence-corrected chi connectivity index (χ2v) is 4.89. The zero-order chi connectivity index (χ0) is 15.0. The Labute approximate surface area is 128 Å². The van der Waals surface area contributed by atoms with Gasteiger partial charge in [0.2, 0.25) is 5.91 Å². The lowest BCUT2D eigenvalue weighted by molar-refractivity contribution is -0.115. The zero-order valence-corrected chi connectivity index (χ0v) is 12.3. The summed E-state index contributed by atoms with van der Waals surface area (Å²) in [5, 5.41) is 0.928. The Hall–Kier alpha value is -1.49. The fourth-order valence-corrected chi connectivity index (χ4v) is 1.68. The van der Waals surface area contributed by atoms with Crippen molar-refractivity contribution in [2.45, 2.75) is 6.42 Å². The number of amides is 1. The Kier molecular flexibility index (Phi) is 7.15. The van der Waals surface area contributed by atoms with Gasteiger partial charge in [-0.05, 0) is 30.2 Å². The topological polar surface area (TPSA) is 78.3 Å². The summed E-state index contributed by atoms with van der Waals surface area (Å²) in [6.45, 7) is 0.545. The number of rotatable bonds is 7. The molecular weight excluding hydrogens is 299 g/mol. The van der Waals surface area contributed by atoms with Crippen LogP contribution in [-0.2, 0) is 16.0 Å². The highest BCUT2D eigenvalue weighted by Gasteiger charge is 2.06. The van der Waals surface area contributed by atoms with Gasteiger partial charge >= 0.3 is 0 Å². The average Bonchev–Trinajstić information content (AvgIpc) is 2.43. The molecule has 0 spiro atoms. The third kappa shape index (κ3) is 6.10. The second-order valence-electron chi connectivity index (χ2n) is 4.01. The molecule has 1 amide bonds. The normalized spacial score (nSPS) is 12.5. The zero-order valence-electron chi connectivity index (χ0n) is 10.8. The van der Waals surface area contributed by atoms with Gasteiger partial charge in [0.25, 0.3) is 0 Å². The van der Waals surface area contributed by atoms with Crippen LogP contribution in [0.3, 0.4) is 0 Å². The van der Waals surface area contributed by atoms with Gasteiger partial charge in [0, 0.05) is 16.8 Å². The van der Waals surface area contributed by atoms with Gasteiger partial charge in [0.05, 0.1) is 18.2 Å². The van der Waals surface area contributed by atoms with Crippen LogP contribution >= 0.6 is 23.2 Å². The molecule has 0 fully saturated rings. The Morgan fingerprint density at radius 1 is 1.30 bits per heavy atom. The van der Waals surface area contributed by atoms with E-state index in [9.17, 15) is 4.79 Å². The lowest BCUT2D eigenvalue weighted by Gasteiger charge is -2.06. The summed E-state index contributed by atoms with van der Waals surface area (Å²) < 4.78 is 5.41. The Balaban J connectivity index is 2.43. The van der Waals surface area contributed by atoms with Gasteiger partial charge in [0.15, 0.2) is 0 Å². The SMILES string of the molecule is N/C=C(Cl)\C=C(/COCCc1ccc(Cl)cc1)C(N)=O. The van der Waals surface area contributed by atoms with Gasteiger partial charge < -0.3 is 16.2 Å². The molecule has 0 aliphatic carbocycles. The monoisotopic (exact) mass is 314 g/mol. The molecule has 0 heterocycles. The first kappa shape index (κ1) is 16.6. The summed E-state index contributed by atoms with van der Waals surface area (Å²) in [4.78, 5) is 11.2. The predicted octanol–water partition coefficient (Wildman–Crippen LogP) is 2.35. The molecule has 1 rings (SSSR count). The summed E-state index contributed by atoms with van der Waals surface area (Å²) in [5.41, 5.74) is 11.8. The van der Waals surface area contributed by atoms with Crippen LogP contribution in [0.1, 0.15) is 5.56 Å². The summed E-state index contributed by atoms with van der Waals surface area (Å²) >= 11 is 11.5. The van der Waals surface area contributed by atoms with Gasteiger partial charge in [-0.3, -0.25) is 4.79 Å². The molecule has 6 heteroatoms. The van der Waals surface area contributed by atoms with Gasteiger partial charge in [-0.25, -0.2) is 0 Å². The number of primary amides is 1. The van der Waals surface area contributed by atoms with E-state index in [0.29, 0.717) is 18.1 Å². The van der Waals surface area contributed by atoms with Gasteiger partial charge in [0.1, 0.15) is 0 Å². The van der Waals surface area contributed by atoms with Crippen molar-refractivity contribution in [3.05, 3.63) is 57.7 Å². The van der Waals surface area contributed by atoms with Crippen molar-refractivity contribution in [1.29, 1.82) is 0 Å². The first-order valence-corrected chi connectivity index (χ1v) is 6.68. The van der Waals surface area contributed by atoms with Crippen LogP contribution in [0.15, 0.2) is 47.1 Å². The van der Waals surface area contributed by atoms with Crippen molar-refractivity contribution in [2.24, 2.45) is 11.5 Å². The number of halogens is 2. The van der Waals surface area contributed by atoms with Crippen LogP contribution in [0.5, 0.6) is 0 Å². The van der Waals surface area contributed by atoms with E-state index in [1.54, 1.807) is 0 Å². The average molecular weight is 315 g/mol. The molecule has 0 unspecified atom stereocenters. The van der Waals surface area contributed by atoms with Crippen molar-refractivity contribution in [3.8, 4) is 0 Å². The number of hydrogen-bond acceptors (Lipinski definition) is 3. The van der Waals surface area contributed by atoms with E-state index >= 15 is 0 Å². The van der Waals surface area contributed by atoms with Crippen LogP contribution < -0.4 is 11.5 Å². The fraction of sp³-hybridized carbons (Fsp3) is 0.214. The number of hydrogen-bond donors (Lipinski definition) is 2. The van der Waals surface area contributed by atoms with Crippen molar-refractivity contribution < 1.29 is 9.53 Å². The third-order valence-electron chi connectivity index (χ3n) is 2.49. The molecule has 108 valence electrons. The molecule has 4 N–H and O–H groups in total. The van der Waals surface area contributed by atoms with Crippen molar-refractivity contribution in [2.75, 3.05) is 13.2 Å². The molecule has 1 aromatic carbocycles. The Morgan fingerprint density at radius 2 is 1.95 bits per heavy atom. The Bertz CT molecular complexity index is 510. The molecule has 0 aromatic heterocycles. The van der Waals surface area contributed by atoms with E-state index in [1.165, 1.54) is 12.3 Å². The van der Waals surface area contributed by atoms with E-state index in [-0.39, 0.29) is 17.2 Å². The molecule has 0 atom stereocenters. The minimum atomic E-state index is -0.587. The number of ether oxygens (including phenoxy) is 1. The van der Waals surface area contributed by atoms with Crippen LogP contribution in [-0.4, -0.2) is 19.1 Å². The minimum absolute atomic E-state index is 0.0903. The number of carbonyl (C=O) groups is 1. The third-order valence-corrected chi connectivity index (χ3v) is 2.98. The van der Waals surface area contributed by atoms with Crippen molar-refractivity contribution in [1.82, 2.24) is 0 Å². The van der Waals surface area contributed by atoms with Gasteiger partial charge in [-0.2, -0.15) is 0 Å². The van der Waals surface area contributed by atoms with Crippen LogP contribution in [0, 0.1) is 0 Å². The molecule has 0 bridgehead atoms. The lowest BCUT2D eigenvalue weighted by atomic mass is 10.2. The number of benzene rings is 1. The first-order valence-electron chi connectivity index (χ1n) is 5.93. The van der Waals surface area contributed by atoms with E-state index in [0.717, 1.165) is 5.56 Å². The molecular formula is C14H16Cl2N2O2. The highest BCUT2D eigenvalue weighted by atomic mass is 35.5. The smallest absolute Gasteiger partial charge is 0.247 e. The van der Waals surface area contributed by atoms with E-state index < -0.39 is 5.91 Å². The van der Waals surface area contributed by atoms with E-state index in [4.69, 9.17) is 39.4 Å². The first-order chi connectivity index (χ1) is 9.52. The molecule has 1 aromatic rings. The second kappa shape index (κ2) is 8.64. The highest BCUT2D eigenvalue weighted by molar-refractivity contribution is 6.31. The van der Waals surface area contributed by atoms with Crippen LogP contribution in [0.2, 0.25) is 5.02 Å². The maximum atomic E-state index is 11.2. The van der Waals surface area contributed by atoms with E-state index in [2.05, 4.69) is 0 Å². The summed E-state index contributed by atoms with van der Waals surface area (Å²) in [7, 11) is 0. The van der Waals surface area contributed by atoms with Crippen molar-refractivity contribution in [3.63, 3.8) is 0 Å². The molecule has 0 saturated carbocycles. The molecule has 0 aliphatic rings. The van der Waals surface area contributed by atoms with Crippen LogP contribution in [0.25, 0.3) is 0 Å². The number of nitrogens with two attached hydrogens (primary N) is 2. The summed E-state index contributed by atoms with van der Waals surface area (Å²) in [6, 6.07) is 7.48. The number of allylic oxidation sites excluding steroid dienone is 2. The Morgan fingerprint density at radius 3 is 2.50 bits per heavy atom. The van der Waals surface area contributed by atoms with E-state index in [1.807, 2.05) is 24.3 Å². The maximum absolute atomic E-state index is 11.2. The van der Waals surface area contributed by atoms with Crippen molar-refractivity contribution >= 4 is 29.1 Å². The summed E-state index contributed by atoms with van der Waals surface area (Å²) in [6.07, 6.45) is 3.29. The number of carbonyl (C=O) groups excluding carboxylic acids is 1. The predicted molar refractivity (Wildman–Crippen MR) is 81.4 cm³/mol.